The summed E-state index contributed by atoms with van der Waals surface area (Å²) in [4.78, 5) is 65.5. The smallest absolute Gasteiger partial charge is 0.335 e. The van der Waals surface area contributed by atoms with Crippen LogP contribution >= 0.6 is 0 Å². The summed E-state index contributed by atoms with van der Waals surface area (Å²) in [5, 5.41) is 10.0. The molecule has 9 heteroatoms. The van der Waals surface area contributed by atoms with E-state index in [1.54, 1.807) is 4.90 Å². The van der Waals surface area contributed by atoms with Crippen LogP contribution in [0.5, 0.6) is 0 Å². The van der Waals surface area contributed by atoms with E-state index < -0.39 is 35.6 Å². The first-order valence-electron chi connectivity index (χ1n) is 9.34. The number of amides is 3. The molecule has 0 bridgehead atoms. The molecule has 2 heterocycles. The summed E-state index contributed by atoms with van der Waals surface area (Å²) in [5.41, 5.74) is 0. The van der Waals surface area contributed by atoms with Gasteiger partial charge in [0.25, 0.3) is 11.8 Å². The molecule has 0 aromatic carbocycles. The fraction of sp³-hybridized carbons (Fsp3) is 0.722. The molecule has 27 heavy (non-hydrogen) atoms. The van der Waals surface area contributed by atoms with E-state index in [2.05, 4.69) is 0 Å². The summed E-state index contributed by atoms with van der Waals surface area (Å²) in [6, 6.07) is -0.189. The molecule has 2 rings (SSSR count). The van der Waals surface area contributed by atoms with Crippen molar-refractivity contribution in [3.63, 3.8) is 0 Å². The van der Waals surface area contributed by atoms with Crippen LogP contribution in [-0.4, -0.2) is 57.3 Å². The van der Waals surface area contributed by atoms with E-state index in [9.17, 15) is 29.1 Å². The molecule has 9 nitrogen and oxygen atoms in total. The van der Waals surface area contributed by atoms with Crippen LogP contribution < -0.4 is 0 Å². The molecule has 2 aliphatic rings. The van der Waals surface area contributed by atoms with Gasteiger partial charge < -0.3 is 14.8 Å². The molecule has 0 aromatic rings. The Bertz CT molecular complexity index is 617. The highest BCUT2D eigenvalue weighted by atomic mass is 16.7. The van der Waals surface area contributed by atoms with E-state index in [-0.39, 0.29) is 37.6 Å². The minimum Gasteiger partial charge on any atom is -0.481 e. The summed E-state index contributed by atoms with van der Waals surface area (Å²) < 4.78 is 0. The monoisotopic (exact) mass is 382 g/mol. The molecule has 2 saturated heterocycles. The normalized spacial score (nSPS) is 20.7. The van der Waals surface area contributed by atoms with Crippen molar-refractivity contribution in [1.82, 2.24) is 9.96 Å². The van der Waals surface area contributed by atoms with Crippen LogP contribution in [0.3, 0.4) is 0 Å². The fourth-order valence-corrected chi connectivity index (χ4v) is 3.56. The third kappa shape index (κ3) is 5.05. The Hall–Kier alpha value is -2.45. The van der Waals surface area contributed by atoms with E-state index in [0.29, 0.717) is 24.4 Å². The SMILES string of the molecule is CCC(CC(CC(C)C(=O)ON1C(=O)CCC1=O)C(=O)O)N1CCCC1=O. The van der Waals surface area contributed by atoms with Gasteiger partial charge in [0, 0.05) is 31.8 Å². The minimum absolute atomic E-state index is 0.000286. The van der Waals surface area contributed by atoms with Crippen molar-refractivity contribution in [2.75, 3.05) is 6.54 Å². The lowest BCUT2D eigenvalue weighted by Crippen LogP contribution is -2.39. The van der Waals surface area contributed by atoms with Crippen molar-refractivity contribution in [2.45, 2.75) is 64.8 Å². The number of hydrogen-bond acceptors (Lipinski definition) is 6. The van der Waals surface area contributed by atoms with E-state index >= 15 is 0 Å². The summed E-state index contributed by atoms with van der Waals surface area (Å²) in [7, 11) is 0. The van der Waals surface area contributed by atoms with Crippen molar-refractivity contribution in [3.8, 4) is 0 Å². The minimum atomic E-state index is -1.05. The van der Waals surface area contributed by atoms with Crippen molar-refractivity contribution < 1.29 is 33.9 Å². The molecular formula is C18H26N2O7. The van der Waals surface area contributed by atoms with Gasteiger partial charge in [-0.2, -0.15) is 0 Å². The summed E-state index contributed by atoms with van der Waals surface area (Å²) in [5.74, 6) is -4.62. The Labute approximate surface area is 157 Å². The molecule has 3 amide bonds. The van der Waals surface area contributed by atoms with E-state index in [1.807, 2.05) is 6.92 Å². The fourth-order valence-electron chi connectivity index (χ4n) is 3.56. The third-order valence-electron chi connectivity index (χ3n) is 5.16. The first-order valence-corrected chi connectivity index (χ1v) is 9.34. The van der Waals surface area contributed by atoms with Crippen molar-refractivity contribution in [1.29, 1.82) is 0 Å². The maximum atomic E-state index is 12.2. The largest absolute Gasteiger partial charge is 0.481 e. The van der Waals surface area contributed by atoms with Gasteiger partial charge in [-0.05, 0) is 25.7 Å². The predicted molar refractivity (Wildman–Crippen MR) is 91.7 cm³/mol. The van der Waals surface area contributed by atoms with Gasteiger partial charge in [0.1, 0.15) is 0 Å². The number of carboxylic acid groups (broad SMARTS) is 1. The van der Waals surface area contributed by atoms with Gasteiger partial charge in [-0.15, -0.1) is 5.06 Å². The standard InChI is InChI=1S/C18H26N2O7/c1-3-13(19-8-4-5-14(19)21)10-12(17(24)25)9-11(2)18(26)27-20-15(22)6-7-16(20)23/h11-13H,3-10H2,1-2H3,(H,24,25). The number of imide groups is 1. The molecule has 2 aliphatic heterocycles. The number of aliphatic carboxylic acids is 1. The number of carboxylic acids is 1. The number of nitrogens with zero attached hydrogens (tertiary/aromatic N) is 2. The molecule has 0 spiro atoms. The molecular weight excluding hydrogens is 356 g/mol. The number of rotatable bonds is 9. The first-order chi connectivity index (χ1) is 12.7. The highest BCUT2D eigenvalue weighted by Gasteiger charge is 2.36. The van der Waals surface area contributed by atoms with E-state index in [4.69, 9.17) is 4.84 Å². The molecule has 0 aliphatic carbocycles. The van der Waals surface area contributed by atoms with Gasteiger partial charge in [0.2, 0.25) is 5.91 Å². The number of hydrogen-bond donors (Lipinski definition) is 1. The van der Waals surface area contributed by atoms with Crippen molar-refractivity contribution >= 4 is 29.7 Å². The highest BCUT2D eigenvalue weighted by Crippen LogP contribution is 2.26. The summed E-state index contributed by atoms with van der Waals surface area (Å²) in [6.45, 7) is 4.03. The molecule has 0 radical (unpaired) electrons. The number of hydroxylamine groups is 2. The Morgan fingerprint density at radius 2 is 1.70 bits per heavy atom. The quantitative estimate of drug-likeness (QED) is 0.593. The Morgan fingerprint density at radius 1 is 1.07 bits per heavy atom. The second-order valence-electron chi connectivity index (χ2n) is 7.15. The van der Waals surface area contributed by atoms with Crippen molar-refractivity contribution in [3.05, 3.63) is 0 Å². The van der Waals surface area contributed by atoms with Crippen LogP contribution in [0.15, 0.2) is 0 Å². The van der Waals surface area contributed by atoms with Crippen LogP contribution in [-0.2, 0) is 28.8 Å². The van der Waals surface area contributed by atoms with Crippen LogP contribution in [0, 0.1) is 11.8 Å². The van der Waals surface area contributed by atoms with Gasteiger partial charge in [-0.25, -0.2) is 4.79 Å². The lowest BCUT2D eigenvalue weighted by molar-refractivity contribution is -0.200. The van der Waals surface area contributed by atoms with Crippen LogP contribution in [0.25, 0.3) is 0 Å². The van der Waals surface area contributed by atoms with E-state index in [0.717, 1.165) is 6.42 Å². The van der Waals surface area contributed by atoms with Gasteiger partial charge in [-0.3, -0.25) is 19.2 Å². The average molecular weight is 382 g/mol. The van der Waals surface area contributed by atoms with Crippen LogP contribution in [0.1, 0.15) is 58.8 Å². The first kappa shape index (κ1) is 20.9. The molecule has 2 fully saturated rings. The van der Waals surface area contributed by atoms with E-state index in [1.165, 1.54) is 6.92 Å². The molecule has 150 valence electrons. The molecule has 3 unspecified atom stereocenters. The second-order valence-corrected chi connectivity index (χ2v) is 7.15. The summed E-state index contributed by atoms with van der Waals surface area (Å²) in [6.07, 6.45) is 2.13. The average Bonchev–Trinajstić information content (AvgIpc) is 3.18. The summed E-state index contributed by atoms with van der Waals surface area (Å²) >= 11 is 0. The topological polar surface area (TPSA) is 121 Å². The van der Waals surface area contributed by atoms with Gasteiger partial charge in [0.15, 0.2) is 0 Å². The van der Waals surface area contributed by atoms with Crippen molar-refractivity contribution in [2.24, 2.45) is 11.8 Å². The maximum Gasteiger partial charge on any atom is 0.335 e. The van der Waals surface area contributed by atoms with Gasteiger partial charge in [0.05, 0.1) is 11.8 Å². The zero-order valence-corrected chi connectivity index (χ0v) is 15.7. The lowest BCUT2D eigenvalue weighted by Gasteiger charge is -2.29. The number of carbonyl (C=O) groups excluding carboxylic acids is 4. The van der Waals surface area contributed by atoms with Gasteiger partial charge in [-0.1, -0.05) is 13.8 Å². The predicted octanol–water partition coefficient (Wildman–Crippen LogP) is 1.11. The third-order valence-corrected chi connectivity index (χ3v) is 5.16. The molecule has 3 atom stereocenters. The molecule has 0 saturated carbocycles. The van der Waals surface area contributed by atoms with Crippen LogP contribution in [0.2, 0.25) is 0 Å². The maximum absolute atomic E-state index is 12.2. The number of likely N-dealkylation sites (tertiary alicyclic amines) is 1. The number of carbonyl (C=O) groups is 5. The molecule has 0 aromatic heterocycles. The Morgan fingerprint density at radius 3 is 2.19 bits per heavy atom. The zero-order chi connectivity index (χ0) is 20.1. The Kier molecular flexibility index (Phi) is 6.92. The Balaban J connectivity index is 1.96. The lowest BCUT2D eigenvalue weighted by atomic mass is 9.89. The van der Waals surface area contributed by atoms with Crippen LogP contribution in [0.4, 0.5) is 0 Å². The molecule has 1 N–H and O–H groups in total. The van der Waals surface area contributed by atoms with Gasteiger partial charge >= 0.3 is 11.9 Å². The zero-order valence-electron chi connectivity index (χ0n) is 15.7. The highest BCUT2D eigenvalue weighted by molar-refractivity contribution is 6.01. The second kappa shape index (κ2) is 8.96.